The first-order chi connectivity index (χ1) is 9.70. The summed E-state index contributed by atoms with van der Waals surface area (Å²) < 4.78 is 2.03. The van der Waals surface area contributed by atoms with Crippen molar-refractivity contribution in [2.45, 2.75) is 33.4 Å². The lowest BCUT2D eigenvalue weighted by molar-refractivity contribution is 0.531. The Morgan fingerprint density at radius 1 is 1.40 bits per heavy atom. The fraction of sp³-hybridized carbons (Fsp3) is 0.400. The summed E-state index contributed by atoms with van der Waals surface area (Å²) in [5.74, 6) is 0. The summed E-state index contributed by atoms with van der Waals surface area (Å²) in [6.45, 7) is 6.55. The van der Waals surface area contributed by atoms with Crippen molar-refractivity contribution >= 4 is 0 Å². The van der Waals surface area contributed by atoms with Crippen molar-refractivity contribution in [3.8, 4) is 6.07 Å². The van der Waals surface area contributed by atoms with Crippen LogP contribution in [0.2, 0.25) is 0 Å². The molecular weight excluding hydrogens is 250 g/mol. The van der Waals surface area contributed by atoms with E-state index in [-0.39, 0.29) is 0 Å². The van der Waals surface area contributed by atoms with Crippen LogP contribution in [0.3, 0.4) is 0 Å². The van der Waals surface area contributed by atoms with Crippen LogP contribution in [0.25, 0.3) is 0 Å². The number of aryl methyl sites for hydroxylation is 3. The summed E-state index contributed by atoms with van der Waals surface area (Å²) >= 11 is 0. The maximum Gasteiger partial charge on any atom is 0.144 e. The van der Waals surface area contributed by atoms with Crippen LogP contribution in [0.15, 0.2) is 24.4 Å². The minimum Gasteiger partial charge on any atom is -0.313 e. The third-order valence-electron chi connectivity index (χ3n) is 3.14. The van der Waals surface area contributed by atoms with Gasteiger partial charge in [0.25, 0.3) is 0 Å². The van der Waals surface area contributed by atoms with Crippen LogP contribution >= 0.6 is 0 Å². The molecule has 0 saturated carbocycles. The molecular formula is C15H19N5. The highest BCUT2D eigenvalue weighted by molar-refractivity contribution is 5.30. The predicted molar refractivity (Wildman–Crippen MR) is 77.0 cm³/mol. The second kappa shape index (κ2) is 6.83. The molecule has 1 N–H and O–H groups in total. The van der Waals surface area contributed by atoms with Gasteiger partial charge in [-0.15, -0.1) is 0 Å². The molecule has 0 radical (unpaired) electrons. The average molecular weight is 269 g/mol. The van der Waals surface area contributed by atoms with Gasteiger partial charge in [0.2, 0.25) is 0 Å². The topological polar surface area (TPSA) is 66.5 Å². The van der Waals surface area contributed by atoms with Gasteiger partial charge >= 0.3 is 0 Å². The second-order valence-electron chi connectivity index (χ2n) is 4.80. The molecule has 0 unspecified atom stereocenters. The van der Waals surface area contributed by atoms with Gasteiger partial charge in [-0.1, -0.05) is 6.07 Å². The number of nitrogens with zero attached hydrogens (tertiary/aromatic N) is 4. The van der Waals surface area contributed by atoms with Crippen molar-refractivity contribution in [2.24, 2.45) is 0 Å². The van der Waals surface area contributed by atoms with Crippen molar-refractivity contribution < 1.29 is 0 Å². The Morgan fingerprint density at radius 3 is 2.95 bits per heavy atom. The molecule has 0 aliphatic rings. The molecule has 0 spiro atoms. The molecule has 2 aromatic heterocycles. The summed E-state index contributed by atoms with van der Waals surface area (Å²) in [7, 11) is 0. The van der Waals surface area contributed by atoms with E-state index in [0.29, 0.717) is 12.2 Å². The molecule has 0 aromatic carbocycles. The lowest BCUT2D eigenvalue weighted by atomic mass is 10.2. The highest BCUT2D eigenvalue weighted by Gasteiger charge is 2.02. The van der Waals surface area contributed by atoms with Gasteiger partial charge in [0.15, 0.2) is 0 Å². The van der Waals surface area contributed by atoms with Gasteiger partial charge < -0.3 is 5.32 Å². The van der Waals surface area contributed by atoms with Crippen LogP contribution < -0.4 is 5.32 Å². The Kier molecular flexibility index (Phi) is 4.85. The highest BCUT2D eigenvalue weighted by atomic mass is 15.3. The van der Waals surface area contributed by atoms with E-state index >= 15 is 0 Å². The zero-order valence-electron chi connectivity index (χ0n) is 11.9. The quantitative estimate of drug-likeness (QED) is 0.814. The summed E-state index contributed by atoms with van der Waals surface area (Å²) in [6, 6.07) is 7.98. The van der Waals surface area contributed by atoms with E-state index in [4.69, 9.17) is 5.26 Å². The number of nitriles is 1. The Hall–Kier alpha value is -2.19. The maximum atomic E-state index is 8.95. The molecule has 0 saturated heterocycles. The standard InChI is InChI=1S/C15H19N5/c1-12-9-13(2)20(19-12)8-4-6-17-11-14-5-3-7-18-15(14)10-16/h3,5,7,9,17H,4,6,8,11H2,1-2H3. The third kappa shape index (κ3) is 3.65. The largest absolute Gasteiger partial charge is 0.313 e. The molecule has 0 aliphatic heterocycles. The smallest absolute Gasteiger partial charge is 0.144 e. The lowest BCUT2D eigenvalue weighted by Crippen LogP contribution is -2.18. The first kappa shape index (κ1) is 14.2. The van der Waals surface area contributed by atoms with Gasteiger partial charge in [0, 0.05) is 30.5 Å². The predicted octanol–water partition coefficient (Wildman–Crippen LogP) is 1.95. The molecule has 0 bridgehead atoms. The van der Waals surface area contributed by atoms with E-state index in [2.05, 4.69) is 34.5 Å². The number of hydrogen-bond donors (Lipinski definition) is 1. The van der Waals surface area contributed by atoms with Crippen LogP contribution in [-0.2, 0) is 13.1 Å². The SMILES string of the molecule is Cc1cc(C)n(CCCNCc2cccnc2C#N)n1. The average Bonchev–Trinajstić information content (AvgIpc) is 2.77. The number of rotatable bonds is 6. The minimum absolute atomic E-state index is 0.499. The molecule has 5 heteroatoms. The fourth-order valence-electron chi connectivity index (χ4n) is 2.16. The van der Waals surface area contributed by atoms with Crippen LogP contribution in [0.4, 0.5) is 0 Å². The van der Waals surface area contributed by atoms with Crippen molar-refractivity contribution in [3.05, 3.63) is 47.0 Å². The lowest BCUT2D eigenvalue weighted by Gasteiger charge is -2.07. The Bertz CT molecular complexity index is 609. The van der Waals surface area contributed by atoms with E-state index < -0.39 is 0 Å². The second-order valence-corrected chi connectivity index (χ2v) is 4.80. The van der Waals surface area contributed by atoms with Gasteiger partial charge in [-0.05, 0) is 38.9 Å². The molecule has 2 rings (SSSR count). The Morgan fingerprint density at radius 2 is 2.25 bits per heavy atom. The Balaban J connectivity index is 1.74. The highest BCUT2D eigenvalue weighted by Crippen LogP contribution is 2.04. The zero-order valence-corrected chi connectivity index (χ0v) is 11.9. The van der Waals surface area contributed by atoms with Crippen LogP contribution in [0.1, 0.15) is 29.1 Å². The maximum absolute atomic E-state index is 8.95. The van der Waals surface area contributed by atoms with Gasteiger partial charge in [-0.3, -0.25) is 4.68 Å². The van der Waals surface area contributed by atoms with Gasteiger partial charge in [-0.25, -0.2) is 4.98 Å². The number of aromatic nitrogens is 3. The van der Waals surface area contributed by atoms with Gasteiger partial charge in [0.1, 0.15) is 11.8 Å². The zero-order chi connectivity index (χ0) is 14.4. The fourth-order valence-corrected chi connectivity index (χ4v) is 2.16. The number of nitrogens with one attached hydrogen (secondary N) is 1. The molecule has 5 nitrogen and oxygen atoms in total. The monoisotopic (exact) mass is 269 g/mol. The summed E-state index contributed by atoms with van der Waals surface area (Å²) in [5, 5.41) is 16.7. The molecule has 0 amide bonds. The van der Waals surface area contributed by atoms with Gasteiger partial charge in [0.05, 0.1) is 5.69 Å². The molecule has 20 heavy (non-hydrogen) atoms. The van der Waals surface area contributed by atoms with E-state index in [0.717, 1.165) is 30.8 Å². The van der Waals surface area contributed by atoms with Crippen molar-refractivity contribution in [1.82, 2.24) is 20.1 Å². The molecule has 2 heterocycles. The van der Waals surface area contributed by atoms with Crippen LogP contribution in [-0.4, -0.2) is 21.3 Å². The van der Waals surface area contributed by atoms with Crippen LogP contribution in [0, 0.1) is 25.2 Å². The van der Waals surface area contributed by atoms with E-state index in [1.165, 1.54) is 5.69 Å². The molecule has 0 aliphatic carbocycles. The molecule has 0 fully saturated rings. The third-order valence-corrected chi connectivity index (χ3v) is 3.14. The molecule has 2 aromatic rings. The van der Waals surface area contributed by atoms with Crippen molar-refractivity contribution in [2.75, 3.05) is 6.54 Å². The number of hydrogen-bond acceptors (Lipinski definition) is 4. The first-order valence-electron chi connectivity index (χ1n) is 6.76. The van der Waals surface area contributed by atoms with Gasteiger partial charge in [-0.2, -0.15) is 10.4 Å². The van der Waals surface area contributed by atoms with E-state index in [9.17, 15) is 0 Å². The summed E-state index contributed by atoms with van der Waals surface area (Å²) in [5.41, 5.74) is 3.70. The van der Waals surface area contributed by atoms with E-state index in [1.807, 2.05) is 23.7 Å². The molecule has 104 valence electrons. The first-order valence-corrected chi connectivity index (χ1v) is 6.76. The minimum atomic E-state index is 0.499. The molecule has 0 atom stereocenters. The van der Waals surface area contributed by atoms with E-state index in [1.54, 1.807) is 6.20 Å². The normalized spacial score (nSPS) is 10.4. The number of pyridine rings is 1. The van der Waals surface area contributed by atoms with Crippen molar-refractivity contribution in [1.29, 1.82) is 5.26 Å². The van der Waals surface area contributed by atoms with Crippen LogP contribution in [0.5, 0.6) is 0 Å². The summed E-state index contributed by atoms with van der Waals surface area (Å²) in [6.07, 6.45) is 2.65. The Labute approximate surface area is 119 Å². The summed E-state index contributed by atoms with van der Waals surface area (Å²) in [4.78, 5) is 4.04. The van der Waals surface area contributed by atoms with Crippen molar-refractivity contribution in [3.63, 3.8) is 0 Å².